The summed E-state index contributed by atoms with van der Waals surface area (Å²) in [5.41, 5.74) is 0.966. The first-order valence-electron chi connectivity index (χ1n) is 5.74. The Morgan fingerprint density at radius 1 is 1.56 bits per heavy atom. The van der Waals surface area contributed by atoms with Crippen molar-refractivity contribution in [1.29, 1.82) is 0 Å². The summed E-state index contributed by atoms with van der Waals surface area (Å²) in [7, 11) is 1.66. The Kier molecular flexibility index (Phi) is 6.24. The van der Waals surface area contributed by atoms with E-state index in [9.17, 15) is 10.1 Å². The van der Waals surface area contributed by atoms with Crippen LogP contribution in [0.4, 0.5) is 5.69 Å². The van der Waals surface area contributed by atoms with Gasteiger partial charge >= 0.3 is 0 Å². The third kappa shape index (κ3) is 4.04. The SMILES string of the molecule is CCC(COC)NCc1cccc([N+](=O)[O-])c1Br. The first kappa shape index (κ1) is 15.1. The molecule has 5 nitrogen and oxygen atoms in total. The Hall–Kier alpha value is -0.980. The van der Waals surface area contributed by atoms with E-state index in [0.717, 1.165) is 12.0 Å². The lowest BCUT2D eigenvalue weighted by Crippen LogP contribution is -2.32. The van der Waals surface area contributed by atoms with Crippen molar-refractivity contribution in [3.05, 3.63) is 38.3 Å². The standard InChI is InChI=1S/C12H17BrN2O3/c1-3-10(8-18-2)14-7-9-5-4-6-11(12(9)13)15(16)17/h4-6,10,14H,3,7-8H2,1-2H3. The van der Waals surface area contributed by atoms with E-state index in [1.807, 2.05) is 6.07 Å². The third-order valence-corrected chi connectivity index (χ3v) is 3.61. The second kappa shape index (κ2) is 7.45. The highest BCUT2D eigenvalue weighted by atomic mass is 79.9. The zero-order valence-corrected chi connectivity index (χ0v) is 12.1. The smallest absolute Gasteiger partial charge is 0.283 e. The van der Waals surface area contributed by atoms with Crippen molar-refractivity contribution in [3.8, 4) is 0 Å². The highest BCUT2D eigenvalue weighted by molar-refractivity contribution is 9.10. The first-order valence-corrected chi connectivity index (χ1v) is 6.53. The average Bonchev–Trinajstić information content (AvgIpc) is 2.35. The molecule has 0 bridgehead atoms. The molecule has 0 aliphatic rings. The van der Waals surface area contributed by atoms with Gasteiger partial charge in [-0.15, -0.1) is 0 Å². The summed E-state index contributed by atoms with van der Waals surface area (Å²) in [5, 5.41) is 14.1. The normalized spacial score (nSPS) is 12.4. The lowest BCUT2D eigenvalue weighted by Gasteiger charge is -2.16. The van der Waals surface area contributed by atoms with Gasteiger partial charge in [-0.3, -0.25) is 10.1 Å². The van der Waals surface area contributed by atoms with Crippen LogP contribution in [0.5, 0.6) is 0 Å². The fourth-order valence-electron chi connectivity index (χ4n) is 1.62. The molecular weight excluding hydrogens is 300 g/mol. The summed E-state index contributed by atoms with van der Waals surface area (Å²) in [4.78, 5) is 10.4. The van der Waals surface area contributed by atoms with E-state index in [2.05, 4.69) is 28.2 Å². The van der Waals surface area contributed by atoms with Gasteiger partial charge in [0.2, 0.25) is 0 Å². The monoisotopic (exact) mass is 316 g/mol. The van der Waals surface area contributed by atoms with Crippen LogP contribution < -0.4 is 5.32 Å². The molecule has 0 heterocycles. The number of nitro benzene ring substituents is 1. The average molecular weight is 317 g/mol. The van der Waals surface area contributed by atoms with Gasteiger partial charge < -0.3 is 10.1 Å². The minimum Gasteiger partial charge on any atom is -0.383 e. The molecule has 1 rings (SSSR count). The molecule has 1 aromatic rings. The van der Waals surface area contributed by atoms with Gasteiger partial charge in [0.25, 0.3) is 5.69 Å². The molecule has 1 N–H and O–H groups in total. The van der Waals surface area contributed by atoms with Crippen LogP contribution in [-0.2, 0) is 11.3 Å². The topological polar surface area (TPSA) is 64.4 Å². The molecule has 0 aliphatic heterocycles. The molecule has 1 unspecified atom stereocenters. The second-order valence-corrected chi connectivity index (χ2v) is 4.74. The van der Waals surface area contributed by atoms with Gasteiger partial charge in [0, 0.05) is 25.8 Å². The summed E-state index contributed by atoms with van der Waals surface area (Å²) < 4.78 is 5.63. The number of nitro groups is 1. The summed E-state index contributed by atoms with van der Waals surface area (Å²) >= 11 is 3.28. The Bertz CT molecular complexity index is 412. The Balaban J connectivity index is 2.73. The second-order valence-electron chi connectivity index (χ2n) is 3.95. The molecule has 0 amide bonds. The van der Waals surface area contributed by atoms with Crippen LogP contribution in [-0.4, -0.2) is 24.7 Å². The molecule has 0 aromatic heterocycles. The van der Waals surface area contributed by atoms with Crippen molar-refractivity contribution in [2.24, 2.45) is 0 Å². The van der Waals surface area contributed by atoms with E-state index < -0.39 is 0 Å². The number of benzene rings is 1. The van der Waals surface area contributed by atoms with Crippen LogP contribution in [0.2, 0.25) is 0 Å². The predicted octanol–water partition coefficient (Wildman–Crippen LogP) is 2.87. The lowest BCUT2D eigenvalue weighted by atomic mass is 10.1. The highest BCUT2D eigenvalue weighted by Gasteiger charge is 2.15. The van der Waals surface area contributed by atoms with Crippen LogP contribution in [0, 0.1) is 10.1 Å². The fourth-order valence-corrected chi connectivity index (χ4v) is 2.17. The first-order chi connectivity index (χ1) is 8.60. The van der Waals surface area contributed by atoms with Crippen molar-refractivity contribution in [2.45, 2.75) is 25.9 Å². The number of nitrogens with zero attached hydrogens (tertiary/aromatic N) is 1. The molecule has 0 aliphatic carbocycles. The van der Waals surface area contributed by atoms with Crippen molar-refractivity contribution < 1.29 is 9.66 Å². The van der Waals surface area contributed by atoms with Crippen LogP contribution in [0.15, 0.2) is 22.7 Å². The van der Waals surface area contributed by atoms with Gasteiger partial charge in [0.15, 0.2) is 0 Å². The quantitative estimate of drug-likeness (QED) is 0.620. The molecule has 0 saturated carbocycles. The maximum absolute atomic E-state index is 10.8. The molecular formula is C12H17BrN2O3. The maximum atomic E-state index is 10.8. The Labute approximate surface area is 115 Å². The zero-order chi connectivity index (χ0) is 13.5. The molecule has 18 heavy (non-hydrogen) atoms. The summed E-state index contributed by atoms with van der Waals surface area (Å²) in [6, 6.07) is 5.29. The lowest BCUT2D eigenvalue weighted by molar-refractivity contribution is -0.385. The van der Waals surface area contributed by atoms with Gasteiger partial charge in [-0.2, -0.15) is 0 Å². The van der Waals surface area contributed by atoms with E-state index in [1.165, 1.54) is 6.07 Å². The summed E-state index contributed by atoms with van der Waals surface area (Å²) in [5.74, 6) is 0. The number of ether oxygens (including phenoxy) is 1. The van der Waals surface area contributed by atoms with Crippen molar-refractivity contribution in [2.75, 3.05) is 13.7 Å². The number of rotatable bonds is 7. The largest absolute Gasteiger partial charge is 0.383 e. The molecule has 0 radical (unpaired) electrons. The highest BCUT2D eigenvalue weighted by Crippen LogP contribution is 2.28. The van der Waals surface area contributed by atoms with Gasteiger partial charge in [-0.1, -0.05) is 19.1 Å². The van der Waals surface area contributed by atoms with E-state index >= 15 is 0 Å². The summed E-state index contributed by atoms with van der Waals surface area (Å²) in [6.07, 6.45) is 0.945. The zero-order valence-electron chi connectivity index (χ0n) is 10.5. The van der Waals surface area contributed by atoms with Crippen molar-refractivity contribution in [3.63, 3.8) is 0 Å². The Morgan fingerprint density at radius 3 is 2.83 bits per heavy atom. The number of hydrogen-bond donors (Lipinski definition) is 1. The van der Waals surface area contributed by atoms with Crippen LogP contribution in [0.25, 0.3) is 0 Å². The maximum Gasteiger partial charge on any atom is 0.283 e. The third-order valence-electron chi connectivity index (χ3n) is 2.70. The molecule has 100 valence electrons. The molecule has 1 aromatic carbocycles. The van der Waals surface area contributed by atoms with Gasteiger partial charge in [0.1, 0.15) is 0 Å². The van der Waals surface area contributed by atoms with E-state index in [0.29, 0.717) is 17.6 Å². The number of hydrogen-bond acceptors (Lipinski definition) is 4. The number of methoxy groups -OCH3 is 1. The van der Waals surface area contributed by atoms with Gasteiger partial charge in [-0.25, -0.2) is 0 Å². The van der Waals surface area contributed by atoms with Gasteiger partial charge in [0.05, 0.1) is 16.0 Å². The fraction of sp³-hybridized carbons (Fsp3) is 0.500. The summed E-state index contributed by atoms with van der Waals surface area (Å²) in [6.45, 7) is 3.27. The minimum absolute atomic E-state index is 0.0917. The molecule has 0 fully saturated rings. The van der Waals surface area contributed by atoms with E-state index in [-0.39, 0.29) is 16.7 Å². The molecule has 6 heteroatoms. The van der Waals surface area contributed by atoms with E-state index in [1.54, 1.807) is 13.2 Å². The number of nitrogens with one attached hydrogen (secondary N) is 1. The van der Waals surface area contributed by atoms with Crippen molar-refractivity contribution >= 4 is 21.6 Å². The van der Waals surface area contributed by atoms with Crippen LogP contribution in [0.1, 0.15) is 18.9 Å². The van der Waals surface area contributed by atoms with Crippen molar-refractivity contribution in [1.82, 2.24) is 5.32 Å². The van der Waals surface area contributed by atoms with Gasteiger partial charge in [-0.05, 0) is 27.9 Å². The molecule has 0 spiro atoms. The number of halogens is 1. The predicted molar refractivity (Wildman–Crippen MR) is 73.6 cm³/mol. The van der Waals surface area contributed by atoms with E-state index in [4.69, 9.17) is 4.74 Å². The minimum atomic E-state index is -0.389. The van der Waals surface area contributed by atoms with Crippen LogP contribution >= 0.6 is 15.9 Å². The molecule has 1 atom stereocenters. The van der Waals surface area contributed by atoms with Crippen LogP contribution in [0.3, 0.4) is 0 Å². The Morgan fingerprint density at radius 2 is 2.28 bits per heavy atom. The molecule has 0 saturated heterocycles.